The Labute approximate surface area is 114 Å². The molecular formula is C15H21NO3. The Bertz CT molecular complexity index is 481. The van der Waals surface area contributed by atoms with Crippen molar-refractivity contribution in [1.29, 1.82) is 0 Å². The van der Waals surface area contributed by atoms with Gasteiger partial charge in [-0.05, 0) is 32.3 Å². The zero-order valence-electron chi connectivity index (χ0n) is 11.9. The van der Waals surface area contributed by atoms with Gasteiger partial charge in [0.2, 0.25) is 0 Å². The van der Waals surface area contributed by atoms with Gasteiger partial charge in [0.25, 0.3) is 0 Å². The molecule has 19 heavy (non-hydrogen) atoms. The number of nitrogens with one attached hydrogen (secondary N) is 1. The molecule has 1 unspecified atom stereocenters. The Kier molecular flexibility index (Phi) is 4.10. The summed E-state index contributed by atoms with van der Waals surface area (Å²) < 4.78 is 10.4. The lowest BCUT2D eigenvalue weighted by Crippen LogP contribution is -2.31. The molecule has 4 heteroatoms. The minimum Gasteiger partial charge on any atom is -0.496 e. The van der Waals surface area contributed by atoms with Crippen molar-refractivity contribution in [1.82, 2.24) is 5.32 Å². The molecule has 1 N–H and O–H groups in total. The van der Waals surface area contributed by atoms with E-state index >= 15 is 0 Å². The van der Waals surface area contributed by atoms with Gasteiger partial charge in [-0.3, -0.25) is 5.32 Å². The lowest BCUT2D eigenvalue weighted by atomic mass is 9.99. The molecule has 1 saturated carbocycles. The van der Waals surface area contributed by atoms with Crippen LogP contribution in [0.3, 0.4) is 0 Å². The molecule has 0 aliphatic heterocycles. The number of methoxy groups -OCH3 is 2. The quantitative estimate of drug-likeness (QED) is 0.828. The number of esters is 1. The Morgan fingerprint density at radius 2 is 2.00 bits per heavy atom. The first-order chi connectivity index (χ1) is 9.06. The van der Waals surface area contributed by atoms with Crippen LogP contribution in [-0.2, 0) is 9.53 Å². The number of hydrogen-bond donors (Lipinski definition) is 1. The van der Waals surface area contributed by atoms with Crippen molar-refractivity contribution >= 4 is 5.97 Å². The summed E-state index contributed by atoms with van der Waals surface area (Å²) >= 11 is 0. The van der Waals surface area contributed by atoms with Crippen molar-refractivity contribution in [2.75, 3.05) is 14.2 Å². The minimum atomic E-state index is -0.453. The number of hydrogen-bond acceptors (Lipinski definition) is 4. The van der Waals surface area contributed by atoms with Crippen molar-refractivity contribution in [2.45, 2.75) is 38.8 Å². The average molecular weight is 263 g/mol. The smallest absolute Gasteiger partial charge is 0.327 e. The van der Waals surface area contributed by atoms with Gasteiger partial charge in [-0.2, -0.15) is 0 Å². The van der Waals surface area contributed by atoms with E-state index in [1.165, 1.54) is 7.11 Å². The number of aryl methyl sites for hydroxylation is 2. The van der Waals surface area contributed by atoms with E-state index in [4.69, 9.17) is 9.47 Å². The molecule has 1 aliphatic rings. The third-order valence-corrected chi connectivity index (χ3v) is 3.38. The van der Waals surface area contributed by atoms with Crippen LogP contribution >= 0.6 is 0 Å². The van der Waals surface area contributed by atoms with Crippen LogP contribution < -0.4 is 10.1 Å². The predicted octanol–water partition coefficient (Wildman–Crippen LogP) is 2.28. The van der Waals surface area contributed by atoms with Crippen molar-refractivity contribution in [3.05, 3.63) is 28.8 Å². The minimum absolute atomic E-state index is 0.268. The standard InChI is InChI=1S/C15H21NO3/c1-9-7-10(2)14(18-3)12(8-9)13(15(17)19-4)16-11-5-6-11/h7-8,11,13,16H,5-6H2,1-4H3. The molecular weight excluding hydrogens is 242 g/mol. The highest BCUT2D eigenvalue weighted by atomic mass is 16.5. The van der Waals surface area contributed by atoms with Crippen LogP contribution in [0.1, 0.15) is 35.6 Å². The lowest BCUT2D eigenvalue weighted by Gasteiger charge is -2.21. The second kappa shape index (κ2) is 5.61. The first-order valence-electron chi connectivity index (χ1n) is 6.55. The van der Waals surface area contributed by atoms with Crippen LogP contribution in [0.4, 0.5) is 0 Å². The summed E-state index contributed by atoms with van der Waals surface area (Å²) in [5.74, 6) is 0.490. The van der Waals surface area contributed by atoms with Gasteiger partial charge < -0.3 is 9.47 Å². The number of ether oxygens (including phenoxy) is 2. The fourth-order valence-corrected chi connectivity index (χ4v) is 2.37. The van der Waals surface area contributed by atoms with E-state index in [-0.39, 0.29) is 5.97 Å². The molecule has 0 amide bonds. The van der Waals surface area contributed by atoms with Gasteiger partial charge in [-0.1, -0.05) is 17.7 Å². The van der Waals surface area contributed by atoms with Crippen molar-refractivity contribution in [2.24, 2.45) is 0 Å². The van der Waals surface area contributed by atoms with Gasteiger partial charge in [-0.25, -0.2) is 4.79 Å². The van der Waals surface area contributed by atoms with E-state index in [0.717, 1.165) is 35.3 Å². The highest BCUT2D eigenvalue weighted by Gasteiger charge is 2.32. The van der Waals surface area contributed by atoms with Crippen LogP contribution in [0.2, 0.25) is 0 Å². The second-order valence-electron chi connectivity index (χ2n) is 5.10. The maximum Gasteiger partial charge on any atom is 0.327 e. The summed E-state index contributed by atoms with van der Waals surface area (Å²) in [4.78, 5) is 12.0. The van der Waals surface area contributed by atoms with Gasteiger partial charge in [-0.15, -0.1) is 0 Å². The van der Waals surface area contributed by atoms with E-state index in [1.54, 1.807) is 7.11 Å². The largest absolute Gasteiger partial charge is 0.496 e. The van der Waals surface area contributed by atoms with Gasteiger partial charge in [0.15, 0.2) is 0 Å². The number of carbonyl (C=O) groups excluding carboxylic acids is 1. The fraction of sp³-hybridized carbons (Fsp3) is 0.533. The van der Waals surface area contributed by atoms with E-state index in [0.29, 0.717) is 6.04 Å². The van der Waals surface area contributed by atoms with Crippen molar-refractivity contribution in [3.63, 3.8) is 0 Å². The first kappa shape index (κ1) is 13.9. The molecule has 1 aromatic rings. The first-order valence-corrected chi connectivity index (χ1v) is 6.55. The third kappa shape index (κ3) is 3.07. The molecule has 104 valence electrons. The summed E-state index contributed by atoms with van der Waals surface area (Å²) in [5.41, 5.74) is 3.00. The summed E-state index contributed by atoms with van der Waals surface area (Å²) in [5, 5.41) is 3.33. The van der Waals surface area contributed by atoms with E-state index in [1.807, 2.05) is 26.0 Å². The number of carbonyl (C=O) groups is 1. The normalized spacial score (nSPS) is 16.0. The SMILES string of the molecule is COC(=O)C(NC1CC1)c1cc(C)cc(C)c1OC. The summed E-state index contributed by atoms with van der Waals surface area (Å²) in [6.07, 6.45) is 2.22. The van der Waals surface area contributed by atoms with Crippen LogP contribution in [0.5, 0.6) is 5.75 Å². The molecule has 0 bridgehead atoms. The van der Waals surface area contributed by atoms with Crippen LogP contribution in [-0.4, -0.2) is 26.2 Å². The molecule has 1 fully saturated rings. The number of benzene rings is 1. The van der Waals surface area contributed by atoms with Crippen LogP contribution in [0.25, 0.3) is 0 Å². The number of rotatable bonds is 5. The molecule has 0 saturated heterocycles. The molecule has 1 aliphatic carbocycles. The van der Waals surface area contributed by atoms with Crippen molar-refractivity contribution in [3.8, 4) is 5.75 Å². The topological polar surface area (TPSA) is 47.6 Å². The highest BCUT2D eigenvalue weighted by molar-refractivity contribution is 5.79. The maximum atomic E-state index is 12.0. The third-order valence-electron chi connectivity index (χ3n) is 3.38. The predicted molar refractivity (Wildman–Crippen MR) is 73.4 cm³/mol. The maximum absolute atomic E-state index is 12.0. The van der Waals surface area contributed by atoms with Gasteiger partial charge >= 0.3 is 5.97 Å². The van der Waals surface area contributed by atoms with Crippen LogP contribution in [0, 0.1) is 13.8 Å². The zero-order valence-corrected chi connectivity index (χ0v) is 11.9. The van der Waals surface area contributed by atoms with E-state index in [9.17, 15) is 4.79 Å². The van der Waals surface area contributed by atoms with Gasteiger partial charge in [0, 0.05) is 11.6 Å². The molecule has 1 atom stereocenters. The molecule has 1 aromatic carbocycles. The van der Waals surface area contributed by atoms with Gasteiger partial charge in [0.1, 0.15) is 11.8 Å². The summed E-state index contributed by atoms with van der Waals surface area (Å²) in [6.45, 7) is 4.00. The second-order valence-corrected chi connectivity index (χ2v) is 5.10. The molecule has 4 nitrogen and oxygen atoms in total. The van der Waals surface area contributed by atoms with E-state index in [2.05, 4.69) is 5.32 Å². The van der Waals surface area contributed by atoms with Crippen molar-refractivity contribution < 1.29 is 14.3 Å². The Balaban J connectivity index is 2.41. The molecule has 0 radical (unpaired) electrons. The zero-order chi connectivity index (χ0) is 14.0. The Morgan fingerprint density at radius 3 is 2.53 bits per heavy atom. The molecule has 0 spiro atoms. The highest BCUT2D eigenvalue weighted by Crippen LogP contribution is 2.33. The molecule has 2 rings (SSSR count). The van der Waals surface area contributed by atoms with Crippen LogP contribution in [0.15, 0.2) is 12.1 Å². The fourth-order valence-electron chi connectivity index (χ4n) is 2.37. The van der Waals surface area contributed by atoms with E-state index < -0.39 is 6.04 Å². The van der Waals surface area contributed by atoms with Gasteiger partial charge in [0.05, 0.1) is 14.2 Å². The Hall–Kier alpha value is -1.55. The summed E-state index contributed by atoms with van der Waals surface area (Å²) in [7, 11) is 3.05. The Morgan fingerprint density at radius 1 is 1.32 bits per heavy atom. The molecule has 0 heterocycles. The summed E-state index contributed by atoms with van der Waals surface area (Å²) in [6, 6.07) is 4.00. The monoisotopic (exact) mass is 263 g/mol. The molecule has 0 aromatic heterocycles. The lowest BCUT2D eigenvalue weighted by molar-refractivity contribution is -0.143. The average Bonchev–Trinajstić information content (AvgIpc) is 3.18.